The molecule has 0 fully saturated rings. The summed E-state index contributed by atoms with van der Waals surface area (Å²) < 4.78 is 4.71. The third-order valence-electron chi connectivity index (χ3n) is 1.87. The molecule has 5 nitrogen and oxygen atoms in total. The predicted octanol–water partition coefficient (Wildman–Crippen LogP) is 1.06. The third kappa shape index (κ3) is 6.86. The lowest BCUT2D eigenvalue weighted by molar-refractivity contribution is -0.138. The van der Waals surface area contributed by atoms with Crippen LogP contribution in [0.4, 0.5) is 0 Å². The lowest BCUT2D eigenvalue weighted by Crippen LogP contribution is -2.16. The summed E-state index contributed by atoms with van der Waals surface area (Å²) in [7, 11) is 1.78. The fourth-order valence-electron chi connectivity index (χ4n) is 1.13. The van der Waals surface area contributed by atoms with Crippen molar-refractivity contribution in [3.8, 4) is 0 Å². The molecule has 0 aromatic heterocycles. The van der Waals surface area contributed by atoms with Crippen molar-refractivity contribution in [3.63, 3.8) is 0 Å². The molecule has 0 aliphatic heterocycles. The zero-order valence-electron chi connectivity index (χ0n) is 9.73. The lowest BCUT2D eigenvalue weighted by atomic mass is 10.3. The van der Waals surface area contributed by atoms with E-state index in [1.807, 2.05) is 0 Å². The molecule has 0 aliphatic rings. The first-order valence-electron chi connectivity index (χ1n) is 5.04. The molecular formula is C11H18NO4. The number of hydrogen-bond donors (Lipinski definition) is 1. The zero-order chi connectivity index (χ0) is 12.6. The van der Waals surface area contributed by atoms with Gasteiger partial charge in [0, 0.05) is 31.8 Å². The Labute approximate surface area is 95.7 Å². The molecular weight excluding hydrogens is 210 g/mol. The van der Waals surface area contributed by atoms with Gasteiger partial charge in [-0.05, 0) is 20.3 Å². The van der Waals surface area contributed by atoms with Gasteiger partial charge in [-0.25, -0.2) is 4.79 Å². The predicted molar refractivity (Wildman–Crippen MR) is 59.6 cm³/mol. The smallest absolute Gasteiger partial charge is 0.335 e. The van der Waals surface area contributed by atoms with Gasteiger partial charge in [-0.3, -0.25) is 4.79 Å². The maximum Gasteiger partial charge on any atom is 0.335 e. The minimum absolute atomic E-state index is 0.104. The van der Waals surface area contributed by atoms with Crippen LogP contribution in [0.15, 0.2) is 11.8 Å². The standard InChI is InChI=1S/C11H18NO4/c1-4-16-11(15)9(2)8-12(3)7-5-6-10(13)14/h8H,1,4-7H2,2-3H3,(H,13,14). The average Bonchev–Trinajstić information content (AvgIpc) is 2.17. The number of esters is 1. The molecule has 5 heteroatoms. The molecule has 0 saturated heterocycles. The van der Waals surface area contributed by atoms with Crippen molar-refractivity contribution < 1.29 is 19.4 Å². The van der Waals surface area contributed by atoms with Gasteiger partial charge in [0.25, 0.3) is 0 Å². The monoisotopic (exact) mass is 228 g/mol. The summed E-state index contributed by atoms with van der Waals surface area (Å²) in [4.78, 5) is 23.3. The Morgan fingerprint density at radius 1 is 1.50 bits per heavy atom. The molecule has 0 aliphatic carbocycles. The fourth-order valence-corrected chi connectivity index (χ4v) is 1.13. The number of carboxylic acid groups (broad SMARTS) is 1. The van der Waals surface area contributed by atoms with E-state index in [-0.39, 0.29) is 13.0 Å². The first-order chi connectivity index (χ1) is 7.47. The van der Waals surface area contributed by atoms with Crippen LogP contribution in [0.5, 0.6) is 0 Å². The van der Waals surface area contributed by atoms with Gasteiger partial charge in [0.1, 0.15) is 0 Å². The number of rotatable bonds is 7. The van der Waals surface area contributed by atoms with E-state index < -0.39 is 11.9 Å². The van der Waals surface area contributed by atoms with Crippen molar-refractivity contribution in [2.24, 2.45) is 0 Å². The molecule has 0 spiro atoms. The summed E-state index contributed by atoms with van der Waals surface area (Å²) in [6, 6.07) is 0. The topological polar surface area (TPSA) is 66.8 Å². The Morgan fingerprint density at radius 2 is 2.12 bits per heavy atom. The number of carboxylic acids is 1. The molecule has 0 heterocycles. The van der Waals surface area contributed by atoms with Crippen LogP contribution in [-0.4, -0.2) is 42.1 Å². The van der Waals surface area contributed by atoms with Crippen molar-refractivity contribution in [1.29, 1.82) is 0 Å². The highest BCUT2D eigenvalue weighted by atomic mass is 16.5. The Kier molecular flexibility index (Phi) is 7.00. The summed E-state index contributed by atoms with van der Waals surface area (Å²) in [6.45, 7) is 5.74. The van der Waals surface area contributed by atoms with Gasteiger partial charge >= 0.3 is 11.9 Å². The zero-order valence-corrected chi connectivity index (χ0v) is 9.73. The van der Waals surface area contributed by atoms with E-state index >= 15 is 0 Å². The molecule has 16 heavy (non-hydrogen) atoms. The van der Waals surface area contributed by atoms with Crippen molar-refractivity contribution in [3.05, 3.63) is 18.7 Å². The van der Waals surface area contributed by atoms with E-state index in [0.717, 1.165) is 0 Å². The first kappa shape index (κ1) is 14.5. The molecule has 1 N–H and O–H groups in total. The van der Waals surface area contributed by atoms with Gasteiger partial charge in [0.15, 0.2) is 0 Å². The third-order valence-corrected chi connectivity index (χ3v) is 1.87. The van der Waals surface area contributed by atoms with E-state index in [4.69, 9.17) is 9.84 Å². The second-order valence-electron chi connectivity index (χ2n) is 3.43. The molecule has 0 aromatic rings. The van der Waals surface area contributed by atoms with Crippen molar-refractivity contribution in [2.75, 3.05) is 20.2 Å². The van der Waals surface area contributed by atoms with E-state index in [2.05, 4.69) is 6.92 Å². The highest BCUT2D eigenvalue weighted by Gasteiger charge is 2.05. The van der Waals surface area contributed by atoms with Gasteiger partial charge in [-0.1, -0.05) is 0 Å². The van der Waals surface area contributed by atoms with Crippen LogP contribution in [0.2, 0.25) is 0 Å². The Hall–Kier alpha value is -1.52. The Morgan fingerprint density at radius 3 is 2.62 bits per heavy atom. The molecule has 1 radical (unpaired) electrons. The summed E-state index contributed by atoms with van der Waals surface area (Å²) in [5.74, 6) is -1.22. The lowest BCUT2D eigenvalue weighted by Gasteiger charge is -2.14. The van der Waals surface area contributed by atoms with Gasteiger partial charge in [0.2, 0.25) is 0 Å². The number of aliphatic carboxylic acids is 1. The van der Waals surface area contributed by atoms with Crippen LogP contribution in [0.1, 0.15) is 19.8 Å². The van der Waals surface area contributed by atoms with E-state index in [0.29, 0.717) is 18.5 Å². The van der Waals surface area contributed by atoms with Crippen LogP contribution in [0, 0.1) is 6.92 Å². The van der Waals surface area contributed by atoms with Crippen LogP contribution in [-0.2, 0) is 14.3 Å². The maximum absolute atomic E-state index is 11.2. The van der Waals surface area contributed by atoms with E-state index in [1.54, 1.807) is 25.1 Å². The minimum atomic E-state index is -0.814. The van der Waals surface area contributed by atoms with Gasteiger partial charge in [-0.2, -0.15) is 0 Å². The second kappa shape index (κ2) is 7.73. The summed E-state index contributed by atoms with van der Waals surface area (Å²) in [5.41, 5.74) is 0.474. The first-order valence-corrected chi connectivity index (χ1v) is 5.04. The molecule has 0 aromatic carbocycles. The Bertz CT molecular complexity index is 273. The SMILES string of the molecule is [CH2]COC(=O)C(C)=CN(C)CCCC(=O)O. The van der Waals surface area contributed by atoms with Crippen molar-refractivity contribution in [1.82, 2.24) is 4.90 Å². The molecule has 91 valence electrons. The molecule has 0 amide bonds. The summed E-state index contributed by atoms with van der Waals surface area (Å²) >= 11 is 0. The van der Waals surface area contributed by atoms with Crippen LogP contribution in [0.3, 0.4) is 0 Å². The van der Waals surface area contributed by atoms with Gasteiger partial charge in [-0.15, -0.1) is 0 Å². The fraction of sp³-hybridized carbons (Fsp3) is 0.545. The molecule has 0 rings (SSSR count). The molecule has 0 unspecified atom stereocenters. The number of carbonyl (C=O) groups is 2. The van der Waals surface area contributed by atoms with Crippen molar-refractivity contribution >= 4 is 11.9 Å². The number of nitrogens with zero attached hydrogens (tertiary/aromatic N) is 1. The quantitative estimate of drug-likeness (QED) is 0.521. The summed E-state index contributed by atoms with van der Waals surface area (Å²) in [6.07, 6.45) is 2.31. The number of ether oxygens (including phenoxy) is 1. The van der Waals surface area contributed by atoms with E-state index in [9.17, 15) is 9.59 Å². The Balaban J connectivity index is 3.99. The summed E-state index contributed by atoms with van der Waals surface area (Å²) in [5, 5.41) is 8.45. The van der Waals surface area contributed by atoms with Crippen LogP contribution < -0.4 is 0 Å². The van der Waals surface area contributed by atoms with Crippen molar-refractivity contribution in [2.45, 2.75) is 19.8 Å². The average molecular weight is 228 g/mol. The molecule has 0 saturated carbocycles. The van der Waals surface area contributed by atoms with Gasteiger partial charge < -0.3 is 14.7 Å². The maximum atomic E-state index is 11.2. The molecule has 0 bridgehead atoms. The largest absolute Gasteiger partial charge is 0.481 e. The second-order valence-corrected chi connectivity index (χ2v) is 3.43. The number of hydrogen-bond acceptors (Lipinski definition) is 4. The van der Waals surface area contributed by atoms with Crippen LogP contribution >= 0.6 is 0 Å². The van der Waals surface area contributed by atoms with Crippen LogP contribution in [0.25, 0.3) is 0 Å². The normalized spacial score (nSPS) is 11.1. The van der Waals surface area contributed by atoms with E-state index in [1.165, 1.54) is 0 Å². The minimum Gasteiger partial charge on any atom is -0.481 e. The van der Waals surface area contributed by atoms with Gasteiger partial charge in [0.05, 0.1) is 6.61 Å². The highest BCUT2D eigenvalue weighted by molar-refractivity contribution is 5.87. The highest BCUT2D eigenvalue weighted by Crippen LogP contribution is 2.00. The molecule has 0 atom stereocenters. The number of carbonyl (C=O) groups excluding carboxylic acids is 1.